The second kappa shape index (κ2) is 6.93. The third-order valence-corrected chi connectivity index (χ3v) is 5.56. The Morgan fingerprint density at radius 1 is 1.33 bits per heavy atom. The Morgan fingerprint density at radius 2 is 2.08 bits per heavy atom. The molecule has 0 unspecified atom stereocenters. The lowest BCUT2D eigenvalue weighted by Crippen LogP contribution is -2.26. The molecule has 1 aromatic heterocycles. The zero-order chi connectivity index (χ0) is 17.2. The van der Waals surface area contributed by atoms with Gasteiger partial charge in [-0.2, -0.15) is 0 Å². The van der Waals surface area contributed by atoms with Gasteiger partial charge in [0.25, 0.3) is 5.91 Å². The van der Waals surface area contributed by atoms with Gasteiger partial charge in [0.2, 0.25) is 0 Å². The van der Waals surface area contributed by atoms with E-state index in [0.717, 1.165) is 18.5 Å². The first-order valence-electron chi connectivity index (χ1n) is 8.38. The molecule has 0 fully saturated rings. The minimum Gasteiger partial charge on any atom is -0.484 e. The number of hydrogen-bond donors (Lipinski definition) is 1. The van der Waals surface area contributed by atoms with E-state index in [1.807, 2.05) is 30.3 Å². The number of rotatable bonds is 4. The molecule has 24 heavy (non-hydrogen) atoms. The van der Waals surface area contributed by atoms with E-state index >= 15 is 0 Å². The summed E-state index contributed by atoms with van der Waals surface area (Å²) in [4.78, 5) is 18.0. The minimum atomic E-state index is -0.169. The molecule has 3 rings (SSSR count). The van der Waals surface area contributed by atoms with Gasteiger partial charge in [0.05, 0.1) is 5.69 Å². The molecule has 1 heterocycles. The van der Waals surface area contributed by atoms with Crippen molar-refractivity contribution < 1.29 is 9.53 Å². The highest BCUT2D eigenvalue weighted by Crippen LogP contribution is 2.40. The van der Waals surface area contributed by atoms with Gasteiger partial charge in [-0.05, 0) is 42.7 Å². The van der Waals surface area contributed by atoms with Crippen LogP contribution in [0.1, 0.15) is 37.8 Å². The highest BCUT2D eigenvalue weighted by molar-refractivity contribution is 7.15. The van der Waals surface area contributed by atoms with Gasteiger partial charge >= 0.3 is 0 Å². The Kier molecular flexibility index (Phi) is 4.90. The summed E-state index contributed by atoms with van der Waals surface area (Å²) in [6.07, 6.45) is 3.24. The molecular formula is C19H24N2O2S. The molecule has 0 saturated heterocycles. The van der Waals surface area contributed by atoms with Crippen molar-refractivity contribution in [1.29, 1.82) is 0 Å². The standard InChI is InChI=1S/C19H24N2O2S/c1-19(2,3)13-9-10-15-16(11-13)24-18(20-15)21-17(22)12-23-14-7-5-4-6-8-14/h4-8,13H,9-12H2,1-3H3,(H,20,21,22)/t13-/m1/s1. The number of fused-ring (bicyclic) bond motifs is 1. The van der Waals surface area contributed by atoms with Crippen molar-refractivity contribution >= 4 is 22.4 Å². The van der Waals surface area contributed by atoms with Crippen LogP contribution in [0.4, 0.5) is 5.13 Å². The molecular weight excluding hydrogens is 320 g/mol. The average molecular weight is 344 g/mol. The molecule has 2 aromatic rings. The summed E-state index contributed by atoms with van der Waals surface area (Å²) in [6, 6.07) is 9.35. The zero-order valence-electron chi connectivity index (χ0n) is 14.5. The molecule has 128 valence electrons. The number of nitrogens with zero attached hydrogens (tertiary/aromatic N) is 1. The summed E-state index contributed by atoms with van der Waals surface area (Å²) in [7, 11) is 0. The van der Waals surface area contributed by atoms with Crippen LogP contribution in [-0.2, 0) is 17.6 Å². The number of ether oxygens (including phenoxy) is 1. The monoisotopic (exact) mass is 344 g/mol. The van der Waals surface area contributed by atoms with Gasteiger partial charge in [-0.25, -0.2) is 4.98 Å². The van der Waals surface area contributed by atoms with Crippen molar-refractivity contribution in [2.45, 2.75) is 40.0 Å². The molecule has 0 radical (unpaired) electrons. The molecule has 0 spiro atoms. The SMILES string of the molecule is CC(C)(C)[C@@H]1CCc2nc(NC(=O)COc3ccccc3)sc2C1. The highest BCUT2D eigenvalue weighted by Gasteiger charge is 2.30. The van der Waals surface area contributed by atoms with Crippen molar-refractivity contribution in [3.8, 4) is 5.75 Å². The van der Waals surface area contributed by atoms with Gasteiger partial charge in [-0.15, -0.1) is 11.3 Å². The van der Waals surface area contributed by atoms with E-state index in [-0.39, 0.29) is 12.5 Å². The van der Waals surface area contributed by atoms with E-state index in [1.165, 1.54) is 11.3 Å². The molecule has 1 aliphatic rings. The van der Waals surface area contributed by atoms with E-state index < -0.39 is 0 Å². The van der Waals surface area contributed by atoms with E-state index in [4.69, 9.17) is 4.74 Å². The smallest absolute Gasteiger partial charge is 0.264 e. The minimum absolute atomic E-state index is 0.00111. The lowest BCUT2D eigenvalue weighted by Gasteiger charge is -2.33. The molecule has 1 aliphatic carbocycles. The predicted molar refractivity (Wildman–Crippen MR) is 97.7 cm³/mol. The summed E-state index contributed by atoms with van der Waals surface area (Å²) in [5.74, 6) is 1.20. The van der Waals surface area contributed by atoms with E-state index in [9.17, 15) is 4.79 Å². The normalized spacial score (nSPS) is 17.2. The van der Waals surface area contributed by atoms with Crippen molar-refractivity contribution in [3.63, 3.8) is 0 Å². The fourth-order valence-electron chi connectivity index (χ4n) is 2.99. The maximum Gasteiger partial charge on any atom is 0.264 e. The summed E-state index contributed by atoms with van der Waals surface area (Å²) < 4.78 is 5.47. The fourth-order valence-corrected chi connectivity index (χ4v) is 4.09. The van der Waals surface area contributed by atoms with E-state index in [0.29, 0.717) is 22.2 Å². The third kappa shape index (κ3) is 4.15. The highest BCUT2D eigenvalue weighted by atomic mass is 32.1. The van der Waals surface area contributed by atoms with E-state index in [2.05, 4.69) is 31.1 Å². The first kappa shape index (κ1) is 17.0. The zero-order valence-corrected chi connectivity index (χ0v) is 15.3. The molecule has 1 aromatic carbocycles. The van der Waals surface area contributed by atoms with Crippen molar-refractivity contribution in [2.24, 2.45) is 11.3 Å². The quantitative estimate of drug-likeness (QED) is 0.899. The Morgan fingerprint density at radius 3 is 2.79 bits per heavy atom. The van der Waals surface area contributed by atoms with Crippen molar-refractivity contribution in [1.82, 2.24) is 4.98 Å². The molecule has 0 aliphatic heterocycles. The van der Waals surface area contributed by atoms with Gasteiger partial charge in [-0.3, -0.25) is 10.1 Å². The van der Waals surface area contributed by atoms with Crippen LogP contribution in [0, 0.1) is 11.3 Å². The number of aromatic nitrogens is 1. The van der Waals surface area contributed by atoms with Crippen LogP contribution in [0.5, 0.6) is 5.75 Å². The van der Waals surface area contributed by atoms with Crippen LogP contribution in [0.15, 0.2) is 30.3 Å². The molecule has 1 amide bonds. The van der Waals surface area contributed by atoms with Crippen LogP contribution < -0.4 is 10.1 Å². The van der Waals surface area contributed by atoms with Gasteiger partial charge in [0, 0.05) is 4.88 Å². The lowest BCUT2D eigenvalue weighted by molar-refractivity contribution is -0.118. The van der Waals surface area contributed by atoms with Crippen molar-refractivity contribution in [3.05, 3.63) is 40.9 Å². The molecule has 0 saturated carbocycles. The number of hydrogen-bond acceptors (Lipinski definition) is 4. The summed E-state index contributed by atoms with van der Waals surface area (Å²) in [6.45, 7) is 6.90. The van der Waals surface area contributed by atoms with E-state index in [1.54, 1.807) is 11.3 Å². The third-order valence-electron chi connectivity index (χ3n) is 4.52. The number of aryl methyl sites for hydroxylation is 1. The second-order valence-electron chi connectivity index (χ2n) is 7.34. The van der Waals surface area contributed by atoms with Crippen molar-refractivity contribution in [2.75, 3.05) is 11.9 Å². The van der Waals surface area contributed by atoms with Crippen LogP contribution in [0.25, 0.3) is 0 Å². The predicted octanol–water partition coefficient (Wildman–Crippen LogP) is 4.31. The Bertz CT molecular complexity index is 704. The number of nitrogens with one attached hydrogen (secondary N) is 1. The number of para-hydroxylation sites is 1. The van der Waals surface area contributed by atoms with Crippen LogP contribution >= 0.6 is 11.3 Å². The first-order chi connectivity index (χ1) is 11.4. The lowest BCUT2D eigenvalue weighted by atomic mass is 9.73. The van der Waals surface area contributed by atoms with Gasteiger partial charge < -0.3 is 4.74 Å². The number of benzene rings is 1. The maximum absolute atomic E-state index is 12.1. The largest absolute Gasteiger partial charge is 0.484 e. The van der Waals surface area contributed by atoms with Crippen LogP contribution in [0.3, 0.4) is 0 Å². The van der Waals surface area contributed by atoms with Gasteiger partial charge in [0.15, 0.2) is 11.7 Å². The second-order valence-corrected chi connectivity index (χ2v) is 8.43. The van der Waals surface area contributed by atoms with Gasteiger partial charge in [-0.1, -0.05) is 39.0 Å². The molecule has 4 nitrogen and oxygen atoms in total. The number of carbonyl (C=O) groups is 1. The maximum atomic E-state index is 12.1. The molecule has 5 heteroatoms. The molecule has 1 N–H and O–H groups in total. The Balaban J connectivity index is 1.57. The van der Waals surface area contributed by atoms with Crippen LogP contribution in [-0.4, -0.2) is 17.5 Å². The number of carbonyl (C=O) groups excluding carboxylic acids is 1. The average Bonchev–Trinajstić information content (AvgIpc) is 2.94. The topological polar surface area (TPSA) is 51.2 Å². The molecule has 1 atom stereocenters. The first-order valence-corrected chi connectivity index (χ1v) is 9.20. The Labute approximate surface area is 147 Å². The molecule has 0 bridgehead atoms. The van der Waals surface area contributed by atoms with Crippen LogP contribution in [0.2, 0.25) is 0 Å². The fraction of sp³-hybridized carbons (Fsp3) is 0.474. The number of thiazole rings is 1. The summed E-state index contributed by atoms with van der Waals surface area (Å²) >= 11 is 1.61. The number of anilines is 1. The summed E-state index contributed by atoms with van der Waals surface area (Å²) in [5, 5.41) is 3.56. The Hall–Kier alpha value is -1.88. The number of amides is 1. The van der Waals surface area contributed by atoms with Gasteiger partial charge in [0.1, 0.15) is 5.75 Å². The summed E-state index contributed by atoms with van der Waals surface area (Å²) in [5.41, 5.74) is 1.47.